The summed E-state index contributed by atoms with van der Waals surface area (Å²) >= 11 is 0. The molecule has 0 aromatic rings. The van der Waals surface area contributed by atoms with Crippen LogP contribution in [0.1, 0.15) is 58.8 Å². The Kier molecular flexibility index (Phi) is 4.31. The molecule has 0 heterocycles. The van der Waals surface area contributed by atoms with Crippen LogP contribution in [-0.2, 0) is 4.79 Å². The number of nitrogens with two attached hydrogens (primary N) is 1. The van der Waals surface area contributed by atoms with E-state index in [4.69, 9.17) is 5.73 Å². The SMILES string of the molecule is CC(C)CC1(C(=O)NC(CN)C2CC2)CCCC1. The Labute approximate surface area is 111 Å². The van der Waals surface area contributed by atoms with Crippen molar-refractivity contribution >= 4 is 5.91 Å². The van der Waals surface area contributed by atoms with Crippen molar-refractivity contribution < 1.29 is 4.79 Å². The van der Waals surface area contributed by atoms with Crippen molar-refractivity contribution in [1.29, 1.82) is 0 Å². The van der Waals surface area contributed by atoms with E-state index < -0.39 is 0 Å². The molecule has 1 unspecified atom stereocenters. The van der Waals surface area contributed by atoms with Gasteiger partial charge in [-0.1, -0.05) is 26.7 Å². The van der Waals surface area contributed by atoms with Gasteiger partial charge in [0.05, 0.1) is 0 Å². The van der Waals surface area contributed by atoms with Crippen LogP contribution in [0.2, 0.25) is 0 Å². The minimum Gasteiger partial charge on any atom is -0.351 e. The van der Waals surface area contributed by atoms with Gasteiger partial charge in [-0.15, -0.1) is 0 Å². The minimum absolute atomic E-state index is 0.0868. The van der Waals surface area contributed by atoms with Gasteiger partial charge in [0.2, 0.25) is 5.91 Å². The van der Waals surface area contributed by atoms with Crippen LogP contribution in [0, 0.1) is 17.3 Å². The van der Waals surface area contributed by atoms with Gasteiger partial charge in [-0.25, -0.2) is 0 Å². The number of carbonyl (C=O) groups excluding carboxylic acids is 1. The fourth-order valence-electron chi connectivity index (χ4n) is 3.55. The van der Waals surface area contributed by atoms with Crippen LogP contribution in [0.5, 0.6) is 0 Å². The Morgan fingerprint density at radius 1 is 1.33 bits per heavy atom. The maximum atomic E-state index is 12.6. The molecule has 3 N–H and O–H groups in total. The molecule has 2 fully saturated rings. The van der Waals surface area contributed by atoms with Crippen LogP contribution >= 0.6 is 0 Å². The van der Waals surface area contributed by atoms with Gasteiger partial charge in [-0.05, 0) is 43.9 Å². The summed E-state index contributed by atoms with van der Waals surface area (Å²) in [7, 11) is 0. The molecule has 1 atom stereocenters. The topological polar surface area (TPSA) is 55.1 Å². The molecule has 1 amide bonds. The highest BCUT2D eigenvalue weighted by atomic mass is 16.2. The van der Waals surface area contributed by atoms with Crippen LogP contribution in [0.25, 0.3) is 0 Å². The van der Waals surface area contributed by atoms with E-state index >= 15 is 0 Å². The van der Waals surface area contributed by atoms with Crippen LogP contribution in [-0.4, -0.2) is 18.5 Å². The van der Waals surface area contributed by atoms with Crippen molar-refractivity contribution in [2.75, 3.05) is 6.54 Å². The quantitative estimate of drug-likeness (QED) is 0.763. The summed E-state index contributed by atoms with van der Waals surface area (Å²) in [6, 6.07) is 0.224. The van der Waals surface area contributed by atoms with Crippen LogP contribution < -0.4 is 11.1 Å². The number of nitrogens with one attached hydrogen (secondary N) is 1. The normalized spacial score (nSPS) is 24.2. The van der Waals surface area contributed by atoms with Gasteiger partial charge < -0.3 is 11.1 Å². The molecule has 2 aliphatic carbocycles. The first kappa shape index (κ1) is 13.9. The van der Waals surface area contributed by atoms with Gasteiger partial charge >= 0.3 is 0 Å². The number of amides is 1. The Morgan fingerprint density at radius 2 is 1.94 bits per heavy atom. The molecule has 2 aliphatic rings. The van der Waals surface area contributed by atoms with E-state index in [0.717, 1.165) is 19.3 Å². The highest BCUT2D eigenvalue weighted by molar-refractivity contribution is 5.83. The first-order chi connectivity index (χ1) is 8.57. The number of hydrogen-bond acceptors (Lipinski definition) is 2. The van der Waals surface area contributed by atoms with Crippen molar-refractivity contribution in [3.05, 3.63) is 0 Å². The van der Waals surface area contributed by atoms with Crippen molar-refractivity contribution in [1.82, 2.24) is 5.32 Å². The summed E-state index contributed by atoms with van der Waals surface area (Å²) in [5.41, 5.74) is 5.70. The van der Waals surface area contributed by atoms with Crippen molar-refractivity contribution in [3.63, 3.8) is 0 Å². The minimum atomic E-state index is -0.0868. The second-order valence-corrected chi connectivity index (χ2v) is 6.74. The largest absolute Gasteiger partial charge is 0.351 e. The van der Waals surface area contributed by atoms with Gasteiger partial charge in [-0.3, -0.25) is 4.79 Å². The van der Waals surface area contributed by atoms with Gasteiger partial charge in [0, 0.05) is 18.0 Å². The second kappa shape index (κ2) is 5.60. The molecule has 0 saturated heterocycles. The molecular formula is C15H28N2O. The van der Waals surface area contributed by atoms with Gasteiger partial charge in [-0.2, -0.15) is 0 Å². The average Bonchev–Trinajstić information content (AvgIpc) is 3.05. The summed E-state index contributed by atoms with van der Waals surface area (Å²) in [5.74, 6) is 1.53. The van der Waals surface area contributed by atoms with E-state index in [1.54, 1.807) is 0 Å². The zero-order valence-corrected chi connectivity index (χ0v) is 11.9. The van der Waals surface area contributed by atoms with E-state index in [0.29, 0.717) is 18.4 Å². The highest BCUT2D eigenvalue weighted by Crippen LogP contribution is 2.44. The first-order valence-electron chi connectivity index (χ1n) is 7.58. The number of rotatable bonds is 6. The molecule has 2 saturated carbocycles. The molecule has 3 nitrogen and oxygen atoms in total. The highest BCUT2D eigenvalue weighted by Gasteiger charge is 2.43. The zero-order valence-electron chi connectivity index (χ0n) is 11.9. The lowest BCUT2D eigenvalue weighted by molar-refractivity contribution is -0.132. The number of hydrogen-bond donors (Lipinski definition) is 2. The third kappa shape index (κ3) is 3.05. The Morgan fingerprint density at radius 3 is 2.39 bits per heavy atom. The first-order valence-corrected chi connectivity index (χ1v) is 7.58. The van der Waals surface area contributed by atoms with Gasteiger partial charge in [0.15, 0.2) is 0 Å². The summed E-state index contributed by atoms with van der Waals surface area (Å²) < 4.78 is 0. The summed E-state index contributed by atoms with van der Waals surface area (Å²) in [4.78, 5) is 12.6. The molecule has 0 aromatic heterocycles. The Bertz CT molecular complexity index is 291. The lowest BCUT2D eigenvalue weighted by atomic mass is 9.77. The summed E-state index contributed by atoms with van der Waals surface area (Å²) in [6.45, 7) is 5.03. The van der Waals surface area contributed by atoms with Crippen LogP contribution in [0.3, 0.4) is 0 Å². The summed E-state index contributed by atoms with van der Waals surface area (Å²) in [6.07, 6.45) is 8.05. The third-order valence-electron chi connectivity index (χ3n) is 4.60. The second-order valence-electron chi connectivity index (χ2n) is 6.74. The lowest BCUT2D eigenvalue weighted by Gasteiger charge is -2.31. The average molecular weight is 252 g/mol. The van der Waals surface area contributed by atoms with Crippen LogP contribution in [0.15, 0.2) is 0 Å². The van der Waals surface area contributed by atoms with E-state index in [1.807, 2.05) is 0 Å². The monoisotopic (exact) mass is 252 g/mol. The Hall–Kier alpha value is -0.570. The predicted octanol–water partition coefficient (Wildman–Crippen LogP) is 2.45. The molecule has 2 rings (SSSR count). The van der Waals surface area contributed by atoms with Crippen molar-refractivity contribution in [2.45, 2.75) is 64.8 Å². The zero-order chi connectivity index (χ0) is 13.2. The lowest BCUT2D eigenvalue weighted by Crippen LogP contribution is -2.48. The molecule has 0 aromatic carbocycles. The molecule has 0 bridgehead atoms. The fourth-order valence-corrected chi connectivity index (χ4v) is 3.55. The maximum absolute atomic E-state index is 12.6. The molecule has 0 spiro atoms. The van der Waals surface area contributed by atoms with E-state index in [2.05, 4.69) is 19.2 Å². The van der Waals surface area contributed by atoms with E-state index in [1.165, 1.54) is 25.7 Å². The molecule has 0 aliphatic heterocycles. The molecule has 3 heteroatoms. The van der Waals surface area contributed by atoms with Crippen molar-refractivity contribution in [2.24, 2.45) is 23.0 Å². The summed E-state index contributed by atoms with van der Waals surface area (Å²) in [5, 5.41) is 3.25. The number of carbonyl (C=O) groups is 1. The van der Waals surface area contributed by atoms with Gasteiger partial charge in [0.1, 0.15) is 0 Å². The van der Waals surface area contributed by atoms with E-state index in [9.17, 15) is 4.79 Å². The van der Waals surface area contributed by atoms with E-state index in [-0.39, 0.29) is 17.4 Å². The Balaban J connectivity index is 1.98. The van der Waals surface area contributed by atoms with Gasteiger partial charge in [0.25, 0.3) is 0 Å². The smallest absolute Gasteiger partial charge is 0.226 e. The maximum Gasteiger partial charge on any atom is 0.226 e. The molecule has 0 radical (unpaired) electrons. The van der Waals surface area contributed by atoms with Crippen LogP contribution in [0.4, 0.5) is 0 Å². The molecule has 18 heavy (non-hydrogen) atoms. The standard InChI is InChI=1S/C15H28N2O/c1-11(2)9-15(7-3-4-8-15)14(18)17-13(10-16)12-5-6-12/h11-13H,3-10,16H2,1-2H3,(H,17,18). The fraction of sp³-hybridized carbons (Fsp3) is 0.933. The van der Waals surface area contributed by atoms with Crippen molar-refractivity contribution in [3.8, 4) is 0 Å². The molecular weight excluding hydrogens is 224 g/mol. The molecule has 104 valence electrons. The predicted molar refractivity (Wildman–Crippen MR) is 74.1 cm³/mol. The third-order valence-corrected chi connectivity index (χ3v) is 4.60.